The van der Waals surface area contributed by atoms with Crippen molar-refractivity contribution in [3.8, 4) is 62.1 Å². The van der Waals surface area contributed by atoms with Gasteiger partial charge in [-0.2, -0.15) is 0 Å². The molecule has 12 rings (SSSR count). The maximum atomic E-state index is 5.36. The van der Waals surface area contributed by atoms with Gasteiger partial charge in [0.1, 0.15) is 8.07 Å². The molecule has 0 atom stereocenters. The fourth-order valence-corrected chi connectivity index (χ4v) is 13.8. The molecule has 3 aromatic heterocycles. The van der Waals surface area contributed by atoms with E-state index in [0.29, 0.717) is 17.5 Å². The highest BCUT2D eigenvalue weighted by Crippen LogP contribution is 2.46. The summed E-state index contributed by atoms with van der Waals surface area (Å²) in [6, 6.07) is 65.5. The monoisotopic (exact) mass is 788 g/mol. The zero-order valence-electron chi connectivity index (χ0n) is 32.5. The van der Waals surface area contributed by atoms with Crippen molar-refractivity contribution in [2.24, 2.45) is 0 Å². The Balaban J connectivity index is 1.09. The van der Waals surface area contributed by atoms with E-state index in [2.05, 4.69) is 181 Å². The summed E-state index contributed by atoms with van der Waals surface area (Å²) in [5.41, 5.74) is 11.4. The fourth-order valence-electron chi connectivity index (χ4n) is 9.50. The minimum atomic E-state index is -1.92. The molecule has 1 aliphatic rings. The third-order valence-corrected chi connectivity index (χ3v) is 17.0. The summed E-state index contributed by atoms with van der Waals surface area (Å²) in [6.45, 7) is 4.90. The lowest BCUT2D eigenvalue weighted by Gasteiger charge is -2.19. The minimum Gasteiger partial charge on any atom is -0.308 e. The molecule has 0 saturated heterocycles. The van der Waals surface area contributed by atoms with Crippen LogP contribution in [0.4, 0.5) is 0 Å². The number of para-hydroxylation sites is 2. The molecule has 1 aliphatic heterocycles. The molecule has 0 saturated carbocycles. The highest BCUT2D eigenvalue weighted by Gasteiger charge is 2.37. The van der Waals surface area contributed by atoms with E-state index in [1.807, 2.05) is 29.5 Å². The Morgan fingerprint density at radius 3 is 1.88 bits per heavy atom. The molecule has 6 heteroatoms. The first-order valence-electron chi connectivity index (χ1n) is 20.1. The second-order valence-electron chi connectivity index (χ2n) is 16.0. The molecule has 278 valence electrons. The second kappa shape index (κ2) is 13.0. The molecule has 4 nitrogen and oxygen atoms in total. The van der Waals surface area contributed by atoms with Crippen LogP contribution < -0.4 is 10.4 Å². The van der Waals surface area contributed by atoms with Gasteiger partial charge in [-0.1, -0.05) is 165 Å². The van der Waals surface area contributed by atoms with Crippen molar-refractivity contribution >= 4 is 71.8 Å². The standard InChI is InChI=1S/C53H36N4SSi/c1-59(2)46-27-14-11-20-37(46)38-29-28-35(32-47(38)59)52-54-51(34-18-7-4-8-19-34)55-53(56-52)40-22-10-13-26-43(40)57-42-25-12-9-21-39(42)48-44(57)30-31-45-49(48)41-24-15-23-36(50(41)58-45)33-16-5-3-6-17-33/h3-32H,1-2H3. The molecular formula is C53H36N4SSi. The van der Waals surface area contributed by atoms with Crippen molar-refractivity contribution in [3.63, 3.8) is 0 Å². The lowest BCUT2D eigenvalue weighted by molar-refractivity contribution is 1.06. The average molecular weight is 789 g/mol. The van der Waals surface area contributed by atoms with E-state index in [1.54, 1.807) is 0 Å². The van der Waals surface area contributed by atoms with Crippen LogP contribution in [-0.4, -0.2) is 27.6 Å². The van der Waals surface area contributed by atoms with Gasteiger partial charge < -0.3 is 4.57 Å². The summed E-state index contributed by atoms with van der Waals surface area (Å²) < 4.78 is 5.01. The van der Waals surface area contributed by atoms with Crippen molar-refractivity contribution < 1.29 is 0 Å². The minimum absolute atomic E-state index is 0.644. The van der Waals surface area contributed by atoms with Crippen LogP contribution in [0.3, 0.4) is 0 Å². The van der Waals surface area contributed by atoms with E-state index in [1.165, 1.54) is 63.6 Å². The molecule has 59 heavy (non-hydrogen) atoms. The smallest absolute Gasteiger partial charge is 0.166 e. The zero-order chi connectivity index (χ0) is 39.2. The summed E-state index contributed by atoms with van der Waals surface area (Å²) >= 11 is 1.88. The molecule has 0 aliphatic carbocycles. The van der Waals surface area contributed by atoms with Crippen LogP contribution in [0.1, 0.15) is 0 Å². The number of benzene rings is 8. The van der Waals surface area contributed by atoms with Crippen LogP contribution in [-0.2, 0) is 0 Å². The zero-order valence-corrected chi connectivity index (χ0v) is 34.3. The summed E-state index contributed by atoms with van der Waals surface area (Å²) in [4.78, 5) is 15.8. The Bertz CT molecular complexity index is 3480. The molecular weight excluding hydrogens is 753 g/mol. The molecule has 0 radical (unpaired) electrons. The highest BCUT2D eigenvalue weighted by atomic mass is 32.1. The quantitative estimate of drug-likeness (QED) is 0.163. The van der Waals surface area contributed by atoms with Gasteiger partial charge in [0.25, 0.3) is 0 Å². The molecule has 0 unspecified atom stereocenters. The van der Waals surface area contributed by atoms with Crippen LogP contribution in [0.5, 0.6) is 0 Å². The normalized spacial score (nSPS) is 13.1. The molecule has 0 N–H and O–H groups in total. The predicted molar refractivity (Wildman–Crippen MR) is 251 cm³/mol. The number of hydrogen-bond acceptors (Lipinski definition) is 4. The van der Waals surface area contributed by atoms with Crippen molar-refractivity contribution in [2.75, 3.05) is 0 Å². The van der Waals surface area contributed by atoms with Gasteiger partial charge in [0.05, 0.1) is 16.7 Å². The first-order valence-corrected chi connectivity index (χ1v) is 23.9. The first-order chi connectivity index (χ1) is 29.0. The predicted octanol–water partition coefficient (Wildman–Crippen LogP) is 12.8. The molecule has 8 aromatic carbocycles. The lowest BCUT2D eigenvalue weighted by atomic mass is 10.0. The molecule has 11 aromatic rings. The molecule has 0 spiro atoms. The van der Waals surface area contributed by atoms with E-state index in [-0.39, 0.29) is 0 Å². The van der Waals surface area contributed by atoms with Crippen LogP contribution in [0.25, 0.3) is 104 Å². The van der Waals surface area contributed by atoms with Gasteiger partial charge in [0, 0.05) is 47.6 Å². The Hall–Kier alpha value is -6.99. The summed E-state index contributed by atoms with van der Waals surface area (Å²) in [5.74, 6) is 1.98. The molecule has 4 heterocycles. The largest absolute Gasteiger partial charge is 0.308 e. The van der Waals surface area contributed by atoms with Crippen molar-refractivity contribution in [1.29, 1.82) is 0 Å². The number of rotatable bonds is 5. The lowest BCUT2D eigenvalue weighted by Crippen LogP contribution is -2.49. The van der Waals surface area contributed by atoms with E-state index in [0.717, 1.165) is 33.4 Å². The van der Waals surface area contributed by atoms with E-state index >= 15 is 0 Å². The van der Waals surface area contributed by atoms with Crippen molar-refractivity contribution in [3.05, 3.63) is 182 Å². The Morgan fingerprint density at radius 1 is 0.424 bits per heavy atom. The molecule has 0 bridgehead atoms. The number of aromatic nitrogens is 4. The second-order valence-corrected chi connectivity index (χ2v) is 21.3. The Morgan fingerprint density at radius 2 is 1.05 bits per heavy atom. The van der Waals surface area contributed by atoms with Gasteiger partial charge in [-0.05, 0) is 63.0 Å². The van der Waals surface area contributed by atoms with Crippen LogP contribution in [0.15, 0.2) is 182 Å². The number of fused-ring (bicyclic) bond motifs is 10. The van der Waals surface area contributed by atoms with Gasteiger partial charge in [0.15, 0.2) is 17.5 Å². The topological polar surface area (TPSA) is 43.6 Å². The van der Waals surface area contributed by atoms with Gasteiger partial charge in [-0.15, -0.1) is 11.3 Å². The van der Waals surface area contributed by atoms with E-state index in [4.69, 9.17) is 15.0 Å². The van der Waals surface area contributed by atoms with Gasteiger partial charge in [-0.25, -0.2) is 15.0 Å². The van der Waals surface area contributed by atoms with Crippen LogP contribution >= 0.6 is 11.3 Å². The van der Waals surface area contributed by atoms with Gasteiger partial charge in [0.2, 0.25) is 0 Å². The van der Waals surface area contributed by atoms with Crippen molar-refractivity contribution in [2.45, 2.75) is 13.1 Å². The third-order valence-electron chi connectivity index (χ3n) is 12.3. The van der Waals surface area contributed by atoms with Gasteiger partial charge >= 0.3 is 0 Å². The maximum absolute atomic E-state index is 5.36. The first kappa shape index (κ1) is 34.1. The average Bonchev–Trinajstić information content (AvgIpc) is 3.92. The van der Waals surface area contributed by atoms with E-state index < -0.39 is 8.07 Å². The number of hydrogen-bond donors (Lipinski definition) is 0. The molecule has 0 amide bonds. The fraction of sp³-hybridized carbons (Fsp3) is 0.0377. The van der Waals surface area contributed by atoms with E-state index in [9.17, 15) is 0 Å². The SMILES string of the molecule is C[Si]1(C)c2ccccc2-c2ccc(-c3nc(-c4ccccc4)nc(-c4ccccc4-n4c5ccccc5c5c6c(ccc54)sc4c(-c5ccccc5)cccc46)n3)cc21. The Kier molecular flexibility index (Phi) is 7.52. The third kappa shape index (κ3) is 5.16. The van der Waals surface area contributed by atoms with Gasteiger partial charge in [-0.3, -0.25) is 0 Å². The summed E-state index contributed by atoms with van der Waals surface area (Å²) in [6.07, 6.45) is 0. The Labute approximate surface area is 346 Å². The number of nitrogens with zero attached hydrogens (tertiary/aromatic N) is 4. The number of thiophene rings is 1. The summed E-state index contributed by atoms with van der Waals surface area (Å²) in [7, 11) is -1.92. The summed E-state index contributed by atoms with van der Waals surface area (Å²) in [5, 5.41) is 7.97. The highest BCUT2D eigenvalue weighted by molar-refractivity contribution is 7.26. The van der Waals surface area contributed by atoms with Crippen LogP contribution in [0, 0.1) is 0 Å². The molecule has 0 fully saturated rings. The van der Waals surface area contributed by atoms with Crippen molar-refractivity contribution in [1.82, 2.24) is 19.5 Å². The van der Waals surface area contributed by atoms with Crippen LogP contribution in [0.2, 0.25) is 13.1 Å². The maximum Gasteiger partial charge on any atom is 0.166 e.